The lowest BCUT2D eigenvalue weighted by Crippen LogP contribution is -2.47. The van der Waals surface area contributed by atoms with Crippen LogP contribution < -0.4 is 11.1 Å². The molecule has 1 saturated heterocycles. The van der Waals surface area contributed by atoms with Crippen LogP contribution in [0.2, 0.25) is 0 Å². The first kappa shape index (κ1) is 25.2. The molecule has 1 fully saturated rings. The van der Waals surface area contributed by atoms with Crippen LogP contribution in [0, 0.1) is 5.95 Å². The number of hydrogen-bond donors (Lipinski definition) is 1. The van der Waals surface area contributed by atoms with Gasteiger partial charge in [-0.2, -0.15) is 4.39 Å². The fourth-order valence-corrected chi connectivity index (χ4v) is 4.28. The van der Waals surface area contributed by atoms with E-state index < -0.39 is 41.8 Å². The van der Waals surface area contributed by atoms with E-state index in [-0.39, 0.29) is 36.8 Å². The lowest BCUT2D eigenvalue weighted by atomic mass is 9.99. The molecule has 2 aromatic heterocycles. The van der Waals surface area contributed by atoms with Crippen LogP contribution in [-0.4, -0.2) is 50.2 Å². The average Bonchev–Trinajstić information content (AvgIpc) is 3.40. The molecule has 0 saturated carbocycles. The van der Waals surface area contributed by atoms with Crippen molar-refractivity contribution in [2.45, 2.75) is 50.9 Å². The summed E-state index contributed by atoms with van der Waals surface area (Å²) in [5.41, 5.74) is 1.38. The lowest BCUT2D eigenvalue weighted by molar-refractivity contribution is -0.138. The second-order valence-electron chi connectivity index (χ2n) is 9.12. The number of aromatic nitrogens is 3. The van der Waals surface area contributed by atoms with E-state index in [1.54, 1.807) is 42.5 Å². The Labute approximate surface area is 206 Å². The minimum absolute atomic E-state index is 0.0681. The number of benzene rings is 1. The van der Waals surface area contributed by atoms with E-state index in [0.717, 1.165) is 9.47 Å². The van der Waals surface area contributed by atoms with Gasteiger partial charge >= 0.3 is 5.76 Å². The largest absolute Gasteiger partial charge is 0.441 e. The zero-order chi connectivity index (χ0) is 26.0. The van der Waals surface area contributed by atoms with Gasteiger partial charge in [0.2, 0.25) is 17.8 Å². The number of nitrogens with one attached hydrogen (secondary N) is 1. The van der Waals surface area contributed by atoms with Gasteiger partial charge in [-0.25, -0.2) is 14.2 Å². The van der Waals surface area contributed by atoms with Crippen molar-refractivity contribution in [3.8, 4) is 0 Å². The van der Waals surface area contributed by atoms with Gasteiger partial charge in [-0.15, -0.1) is 0 Å². The third-order valence-electron chi connectivity index (χ3n) is 6.31. The summed E-state index contributed by atoms with van der Waals surface area (Å²) in [6.45, 7) is 3.44. The van der Waals surface area contributed by atoms with Crippen molar-refractivity contribution in [3.63, 3.8) is 0 Å². The van der Waals surface area contributed by atoms with Crippen molar-refractivity contribution in [1.82, 2.24) is 24.9 Å². The Morgan fingerprint density at radius 2 is 1.92 bits per heavy atom. The number of nitrogens with zero attached hydrogens (tertiary/aromatic N) is 4. The van der Waals surface area contributed by atoms with Gasteiger partial charge in [-0.05, 0) is 17.5 Å². The summed E-state index contributed by atoms with van der Waals surface area (Å²) < 4.78 is 34.7. The Morgan fingerprint density at radius 1 is 1.19 bits per heavy atom. The second-order valence-corrected chi connectivity index (χ2v) is 9.12. The summed E-state index contributed by atoms with van der Waals surface area (Å²) in [6, 6.07) is 10.3. The van der Waals surface area contributed by atoms with Gasteiger partial charge in [-0.1, -0.05) is 55.4 Å². The summed E-state index contributed by atoms with van der Waals surface area (Å²) in [6.07, 6.45) is -1.92. The first-order valence-corrected chi connectivity index (χ1v) is 11.6. The molecular weight excluding hydrogens is 472 g/mol. The summed E-state index contributed by atoms with van der Waals surface area (Å²) in [5, 5.41) is 6.40. The first-order chi connectivity index (χ1) is 17.2. The molecule has 11 heteroatoms. The van der Waals surface area contributed by atoms with Crippen molar-refractivity contribution in [1.29, 1.82) is 0 Å². The predicted octanol–water partition coefficient (Wildman–Crippen LogP) is 2.42. The van der Waals surface area contributed by atoms with Crippen LogP contribution >= 0.6 is 0 Å². The lowest BCUT2D eigenvalue weighted by Gasteiger charge is -2.26. The number of carbonyl (C=O) groups excluding carboxylic acids is 2. The molecule has 3 aromatic rings. The SMILES string of the molecule is CC(C)c1ccc([C@@H](NC(=O)[C@@H]2C[C@@H](F)CN2C(=O)Cc2noc(=O)n2C)c2ccccc2)nc1F. The highest BCUT2D eigenvalue weighted by Crippen LogP contribution is 2.27. The van der Waals surface area contributed by atoms with Crippen molar-refractivity contribution < 1.29 is 22.9 Å². The fourth-order valence-electron chi connectivity index (χ4n) is 4.28. The highest BCUT2D eigenvalue weighted by atomic mass is 19.1. The number of hydrogen-bond acceptors (Lipinski definition) is 6. The third kappa shape index (κ3) is 5.19. The summed E-state index contributed by atoms with van der Waals surface area (Å²) in [4.78, 5) is 43.0. The van der Waals surface area contributed by atoms with Crippen molar-refractivity contribution in [3.05, 3.63) is 81.6 Å². The maximum absolute atomic E-state index is 14.7. The van der Waals surface area contributed by atoms with Gasteiger partial charge in [-0.3, -0.25) is 18.7 Å². The van der Waals surface area contributed by atoms with E-state index in [1.165, 1.54) is 7.05 Å². The summed E-state index contributed by atoms with van der Waals surface area (Å²) in [7, 11) is 1.40. The average molecular weight is 500 g/mol. The molecule has 0 aliphatic carbocycles. The molecule has 9 nitrogen and oxygen atoms in total. The topological polar surface area (TPSA) is 110 Å². The Balaban J connectivity index is 1.59. The van der Waals surface area contributed by atoms with Crippen LogP contribution in [0.5, 0.6) is 0 Å². The van der Waals surface area contributed by atoms with Gasteiger partial charge in [0.15, 0.2) is 5.82 Å². The van der Waals surface area contributed by atoms with Gasteiger partial charge in [0.25, 0.3) is 0 Å². The van der Waals surface area contributed by atoms with Crippen molar-refractivity contribution in [2.75, 3.05) is 6.54 Å². The van der Waals surface area contributed by atoms with E-state index in [1.807, 2.05) is 13.8 Å². The molecule has 0 bridgehead atoms. The monoisotopic (exact) mass is 499 g/mol. The number of rotatable bonds is 7. The molecule has 2 amide bonds. The third-order valence-corrected chi connectivity index (χ3v) is 6.31. The highest BCUT2D eigenvalue weighted by Gasteiger charge is 2.41. The van der Waals surface area contributed by atoms with E-state index in [2.05, 4.69) is 20.0 Å². The van der Waals surface area contributed by atoms with E-state index >= 15 is 0 Å². The number of amides is 2. The van der Waals surface area contributed by atoms with Crippen LogP contribution in [0.3, 0.4) is 0 Å². The Bertz CT molecular complexity index is 1310. The highest BCUT2D eigenvalue weighted by molar-refractivity contribution is 5.89. The zero-order valence-corrected chi connectivity index (χ0v) is 20.1. The zero-order valence-electron chi connectivity index (χ0n) is 20.1. The number of pyridine rings is 1. The molecular formula is C25H27F2N5O4. The smallest absolute Gasteiger partial charge is 0.342 e. The van der Waals surface area contributed by atoms with E-state index in [4.69, 9.17) is 0 Å². The van der Waals surface area contributed by atoms with Crippen molar-refractivity contribution >= 4 is 11.8 Å². The molecule has 1 aliphatic heterocycles. The van der Waals surface area contributed by atoms with Crippen LogP contribution in [-0.2, 0) is 23.1 Å². The van der Waals surface area contributed by atoms with Crippen LogP contribution in [0.4, 0.5) is 8.78 Å². The molecule has 0 radical (unpaired) electrons. The van der Waals surface area contributed by atoms with Gasteiger partial charge in [0, 0.05) is 19.0 Å². The molecule has 3 atom stereocenters. The number of alkyl halides is 1. The number of halogens is 2. The normalized spacial score (nSPS) is 18.4. The minimum Gasteiger partial charge on any atom is -0.342 e. The second kappa shape index (κ2) is 10.4. The van der Waals surface area contributed by atoms with Gasteiger partial charge in [0.1, 0.15) is 12.2 Å². The summed E-state index contributed by atoms with van der Waals surface area (Å²) >= 11 is 0. The molecule has 190 valence electrons. The first-order valence-electron chi connectivity index (χ1n) is 11.6. The van der Waals surface area contributed by atoms with Crippen LogP contribution in [0.15, 0.2) is 51.8 Å². The molecule has 0 unspecified atom stereocenters. The molecule has 1 aromatic carbocycles. The molecule has 3 heterocycles. The van der Waals surface area contributed by atoms with E-state index in [0.29, 0.717) is 11.1 Å². The minimum atomic E-state index is -1.40. The summed E-state index contributed by atoms with van der Waals surface area (Å²) in [5.74, 6) is -2.52. The van der Waals surface area contributed by atoms with Gasteiger partial charge in [0.05, 0.1) is 24.7 Å². The Morgan fingerprint density at radius 3 is 2.53 bits per heavy atom. The predicted molar refractivity (Wildman–Crippen MR) is 125 cm³/mol. The molecule has 1 aliphatic rings. The molecule has 4 rings (SSSR count). The number of carbonyl (C=O) groups is 2. The molecule has 0 spiro atoms. The van der Waals surface area contributed by atoms with Crippen molar-refractivity contribution in [2.24, 2.45) is 7.05 Å². The molecule has 1 N–H and O–H groups in total. The Kier molecular flexibility index (Phi) is 7.27. The fraction of sp³-hybridized carbons (Fsp3) is 0.400. The van der Waals surface area contributed by atoms with Crippen LogP contribution in [0.1, 0.15) is 54.9 Å². The molecule has 36 heavy (non-hydrogen) atoms. The standard InChI is InChI=1S/C25H27F2N5O4/c1-14(2)17-9-10-18(28-23(17)27)22(15-7-5-4-6-8-15)29-24(34)19-11-16(26)13-32(19)21(33)12-20-30-36-25(35)31(20)3/h4-10,14,16,19,22H,11-13H2,1-3H3,(H,29,34)/t16-,19+,22+/m1/s1. The maximum atomic E-state index is 14.7. The maximum Gasteiger partial charge on any atom is 0.441 e. The van der Waals surface area contributed by atoms with E-state index in [9.17, 15) is 23.2 Å². The van der Waals surface area contributed by atoms with Crippen LogP contribution in [0.25, 0.3) is 0 Å². The Hall–Kier alpha value is -3.89. The quantitative estimate of drug-likeness (QED) is 0.500. The van der Waals surface area contributed by atoms with Gasteiger partial charge < -0.3 is 10.2 Å². The number of likely N-dealkylation sites (tertiary alicyclic amines) is 1.